The van der Waals surface area contributed by atoms with E-state index in [2.05, 4.69) is 4.72 Å². The van der Waals surface area contributed by atoms with Gasteiger partial charge in [-0.2, -0.15) is 9.98 Å². The Morgan fingerprint density at radius 2 is 2.00 bits per heavy atom. The lowest BCUT2D eigenvalue weighted by Crippen LogP contribution is -2.31. The van der Waals surface area contributed by atoms with Crippen molar-refractivity contribution in [1.29, 1.82) is 5.26 Å². The van der Waals surface area contributed by atoms with Crippen molar-refractivity contribution in [2.45, 2.75) is 17.9 Å². The molecule has 0 amide bonds. The fraction of sp³-hybridized carbons (Fsp3) is 0.364. The van der Waals surface area contributed by atoms with Gasteiger partial charge in [-0.25, -0.2) is 8.42 Å². The summed E-state index contributed by atoms with van der Waals surface area (Å²) < 4.78 is 36.3. The molecule has 0 aliphatic heterocycles. The second kappa shape index (κ2) is 5.71. The minimum absolute atomic E-state index is 0.0635. The van der Waals surface area contributed by atoms with Crippen molar-refractivity contribution < 1.29 is 17.9 Å². The van der Waals surface area contributed by atoms with Crippen LogP contribution in [0, 0.1) is 11.3 Å². The van der Waals surface area contributed by atoms with Gasteiger partial charge in [0, 0.05) is 6.07 Å². The van der Waals surface area contributed by atoms with E-state index in [-0.39, 0.29) is 10.6 Å². The lowest BCUT2D eigenvalue weighted by Gasteiger charge is -2.12. The van der Waals surface area contributed by atoms with Crippen LogP contribution in [0.25, 0.3) is 0 Å². The van der Waals surface area contributed by atoms with Crippen LogP contribution in [0.3, 0.4) is 0 Å². The van der Waals surface area contributed by atoms with E-state index in [4.69, 9.17) is 14.7 Å². The predicted octanol–water partition coefficient (Wildman–Crippen LogP) is 0.894. The van der Waals surface area contributed by atoms with E-state index in [9.17, 15) is 8.42 Å². The van der Waals surface area contributed by atoms with Gasteiger partial charge in [-0.3, -0.25) is 0 Å². The molecule has 1 N–H and O–H groups in total. The summed E-state index contributed by atoms with van der Waals surface area (Å²) >= 11 is 0. The molecule has 0 fully saturated rings. The molecular formula is C11H14N2O4S. The van der Waals surface area contributed by atoms with Gasteiger partial charge in [0.2, 0.25) is 10.0 Å². The van der Waals surface area contributed by atoms with E-state index >= 15 is 0 Å². The molecule has 1 rings (SSSR count). The quantitative estimate of drug-likeness (QED) is 0.858. The van der Waals surface area contributed by atoms with Crippen molar-refractivity contribution in [1.82, 2.24) is 4.72 Å². The van der Waals surface area contributed by atoms with Crippen molar-refractivity contribution in [2.75, 3.05) is 14.2 Å². The van der Waals surface area contributed by atoms with Gasteiger partial charge in [0.15, 0.2) is 0 Å². The Labute approximate surface area is 106 Å². The SMILES string of the molecule is COc1ccc(OC)c(S(=O)(=O)NC(C)C#N)c1. The maximum Gasteiger partial charge on any atom is 0.245 e. The predicted molar refractivity (Wildman–Crippen MR) is 64.9 cm³/mol. The summed E-state index contributed by atoms with van der Waals surface area (Å²) in [6.07, 6.45) is 0. The zero-order valence-corrected chi connectivity index (χ0v) is 11.1. The van der Waals surface area contributed by atoms with E-state index in [1.54, 1.807) is 12.1 Å². The average molecular weight is 270 g/mol. The van der Waals surface area contributed by atoms with Gasteiger partial charge >= 0.3 is 0 Å². The summed E-state index contributed by atoms with van der Waals surface area (Å²) in [5.74, 6) is 0.578. The molecule has 0 heterocycles. The van der Waals surface area contributed by atoms with Crippen LogP contribution in [0.2, 0.25) is 0 Å². The number of sulfonamides is 1. The topological polar surface area (TPSA) is 88.4 Å². The van der Waals surface area contributed by atoms with E-state index in [1.165, 1.54) is 33.3 Å². The molecular weight excluding hydrogens is 256 g/mol. The number of hydrogen-bond acceptors (Lipinski definition) is 5. The van der Waals surface area contributed by atoms with E-state index in [0.717, 1.165) is 0 Å². The fourth-order valence-corrected chi connectivity index (χ4v) is 2.65. The molecule has 0 radical (unpaired) electrons. The smallest absolute Gasteiger partial charge is 0.245 e. The van der Waals surface area contributed by atoms with Crippen molar-refractivity contribution in [3.05, 3.63) is 18.2 Å². The van der Waals surface area contributed by atoms with E-state index < -0.39 is 16.1 Å². The molecule has 98 valence electrons. The summed E-state index contributed by atoms with van der Waals surface area (Å²) in [6, 6.07) is 5.38. The molecule has 1 unspecified atom stereocenters. The Balaban J connectivity index is 3.26. The highest BCUT2D eigenvalue weighted by atomic mass is 32.2. The minimum atomic E-state index is -3.82. The third kappa shape index (κ3) is 3.12. The number of hydrogen-bond donors (Lipinski definition) is 1. The van der Waals surface area contributed by atoms with Gasteiger partial charge < -0.3 is 9.47 Å². The zero-order chi connectivity index (χ0) is 13.8. The maximum atomic E-state index is 12.1. The number of nitrogens with zero attached hydrogens (tertiary/aromatic N) is 1. The summed E-state index contributed by atoms with van der Waals surface area (Å²) in [5, 5.41) is 8.64. The van der Waals surface area contributed by atoms with Crippen molar-refractivity contribution in [3.63, 3.8) is 0 Å². The second-order valence-corrected chi connectivity index (χ2v) is 5.17. The van der Waals surface area contributed by atoms with Crippen LogP contribution in [-0.4, -0.2) is 28.7 Å². The Hall–Kier alpha value is -1.78. The van der Waals surface area contributed by atoms with Gasteiger partial charge in [-0.05, 0) is 19.1 Å². The highest BCUT2D eigenvalue weighted by Crippen LogP contribution is 2.28. The Bertz CT molecular complexity index is 563. The maximum absolute atomic E-state index is 12.1. The Morgan fingerprint density at radius 1 is 1.33 bits per heavy atom. The molecule has 18 heavy (non-hydrogen) atoms. The first-order valence-corrected chi connectivity index (χ1v) is 6.57. The molecule has 1 atom stereocenters. The largest absolute Gasteiger partial charge is 0.497 e. The lowest BCUT2D eigenvalue weighted by molar-refractivity contribution is 0.392. The molecule has 1 aromatic rings. The van der Waals surface area contributed by atoms with Crippen molar-refractivity contribution in [3.8, 4) is 17.6 Å². The summed E-state index contributed by atoms with van der Waals surface area (Å²) in [4.78, 5) is -0.0635. The summed E-state index contributed by atoms with van der Waals surface area (Å²) in [6.45, 7) is 1.45. The number of ether oxygens (including phenoxy) is 2. The van der Waals surface area contributed by atoms with Gasteiger partial charge in [0.05, 0.1) is 20.3 Å². The van der Waals surface area contributed by atoms with Crippen LogP contribution in [0.15, 0.2) is 23.1 Å². The van der Waals surface area contributed by atoms with E-state index in [1.807, 2.05) is 0 Å². The molecule has 0 aliphatic carbocycles. The highest BCUT2D eigenvalue weighted by Gasteiger charge is 2.22. The molecule has 0 aromatic heterocycles. The van der Waals surface area contributed by atoms with Crippen LogP contribution < -0.4 is 14.2 Å². The van der Waals surface area contributed by atoms with Crippen molar-refractivity contribution in [2.24, 2.45) is 0 Å². The van der Waals surface area contributed by atoms with Crippen LogP contribution >= 0.6 is 0 Å². The number of methoxy groups -OCH3 is 2. The number of nitriles is 1. The molecule has 7 heteroatoms. The van der Waals surface area contributed by atoms with Crippen LogP contribution in [0.1, 0.15) is 6.92 Å². The third-order valence-corrected chi connectivity index (χ3v) is 3.75. The highest BCUT2D eigenvalue weighted by molar-refractivity contribution is 7.89. The normalized spacial score (nSPS) is 12.6. The monoisotopic (exact) mass is 270 g/mol. The van der Waals surface area contributed by atoms with Crippen LogP contribution in [0.4, 0.5) is 0 Å². The number of nitrogens with one attached hydrogen (secondary N) is 1. The first kappa shape index (κ1) is 14.3. The fourth-order valence-electron chi connectivity index (χ4n) is 1.32. The van der Waals surface area contributed by atoms with Gasteiger partial charge in [-0.15, -0.1) is 0 Å². The Morgan fingerprint density at radius 3 is 2.50 bits per heavy atom. The van der Waals surface area contributed by atoms with E-state index in [0.29, 0.717) is 5.75 Å². The molecule has 0 spiro atoms. The molecule has 0 bridgehead atoms. The standard InChI is InChI=1S/C11H14N2O4S/c1-8(7-12)13-18(14,15)11-6-9(16-2)4-5-10(11)17-3/h4-6,8,13H,1-3H3. The summed E-state index contributed by atoms with van der Waals surface area (Å²) in [5.41, 5.74) is 0. The Kier molecular flexibility index (Phi) is 4.53. The second-order valence-electron chi connectivity index (χ2n) is 3.49. The zero-order valence-electron chi connectivity index (χ0n) is 10.3. The lowest BCUT2D eigenvalue weighted by atomic mass is 10.3. The van der Waals surface area contributed by atoms with Gasteiger partial charge in [0.1, 0.15) is 22.4 Å². The molecule has 1 aromatic carbocycles. The molecule has 6 nitrogen and oxygen atoms in total. The van der Waals surface area contributed by atoms with Crippen LogP contribution in [0.5, 0.6) is 11.5 Å². The first-order chi connectivity index (χ1) is 8.44. The molecule has 0 aliphatic rings. The van der Waals surface area contributed by atoms with Crippen LogP contribution in [-0.2, 0) is 10.0 Å². The molecule has 0 saturated heterocycles. The molecule has 0 saturated carbocycles. The third-order valence-electron chi connectivity index (χ3n) is 2.19. The number of rotatable bonds is 5. The number of benzene rings is 1. The van der Waals surface area contributed by atoms with Crippen molar-refractivity contribution >= 4 is 10.0 Å². The minimum Gasteiger partial charge on any atom is -0.497 e. The first-order valence-electron chi connectivity index (χ1n) is 5.08. The van der Waals surface area contributed by atoms with Gasteiger partial charge in [0.25, 0.3) is 0 Å². The van der Waals surface area contributed by atoms with Gasteiger partial charge in [-0.1, -0.05) is 0 Å². The summed E-state index contributed by atoms with van der Waals surface area (Å²) in [7, 11) is -1.02. The average Bonchev–Trinajstić information content (AvgIpc) is 2.37.